The highest BCUT2D eigenvalue weighted by Gasteiger charge is 2.36. The summed E-state index contributed by atoms with van der Waals surface area (Å²) < 4.78 is 0. The fraction of sp³-hybridized carbons (Fsp3) is 0.938. The van der Waals surface area contributed by atoms with Crippen molar-refractivity contribution in [1.82, 2.24) is 0 Å². The van der Waals surface area contributed by atoms with Crippen molar-refractivity contribution >= 4 is 0 Å². The third kappa shape index (κ3) is 3.03. The number of hydrogen-bond donors (Lipinski definition) is 0. The van der Waals surface area contributed by atoms with Crippen LogP contribution in [0.15, 0.2) is 0 Å². The summed E-state index contributed by atoms with van der Waals surface area (Å²) in [5, 5.41) is 9.30. The second-order valence-electron chi connectivity index (χ2n) is 6.72. The zero-order valence-electron chi connectivity index (χ0n) is 11.5. The highest BCUT2D eigenvalue weighted by Crippen LogP contribution is 2.46. The third-order valence-corrected chi connectivity index (χ3v) is 5.42. The molecule has 0 amide bonds. The lowest BCUT2D eigenvalue weighted by atomic mass is 9.64. The van der Waals surface area contributed by atoms with Gasteiger partial charge in [-0.3, -0.25) is 0 Å². The highest BCUT2D eigenvalue weighted by molar-refractivity contribution is 5.00. The van der Waals surface area contributed by atoms with E-state index in [0.29, 0.717) is 0 Å². The van der Waals surface area contributed by atoms with Crippen molar-refractivity contribution in [3.63, 3.8) is 0 Å². The van der Waals surface area contributed by atoms with Gasteiger partial charge in [0.25, 0.3) is 0 Å². The van der Waals surface area contributed by atoms with E-state index in [1.165, 1.54) is 51.4 Å². The van der Waals surface area contributed by atoms with Crippen LogP contribution in [0.5, 0.6) is 0 Å². The zero-order valence-corrected chi connectivity index (χ0v) is 11.5. The van der Waals surface area contributed by atoms with Crippen LogP contribution in [0.4, 0.5) is 0 Å². The quantitative estimate of drug-likeness (QED) is 0.664. The fourth-order valence-corrected chi connectivity index (χ4v) is 4.11. The molecule has 0 bridgehead atoms. The molecule has 0 radical (unpaired) electrons. The van der Waals surface area contributed by atoms with Gasteiger partial charge >= 0.3 is 0 Å². The first-order chi connectivity index (χ1) is 8.17. The molecule has 0 spiro atoms. The van der Waals surface area contributed by atoms with Crippen molar-refractivity contribution in [2.75, 3.05) is 0 Å². The predicted molar refractivity (Wildman–Crippen MR) is 71.4 cm³/mol. The number of nitriles is 1. The first-order valence-corrected chi connectivity index (χ1v) is 7.58. The molecule has 96 valence electrons. The number of nitrogens with zero attached hydrogens (tertiary/aromatic N) is 1. The Morgan fingerprint density at radius 3 is 2.41 bits per heavy atom. The molecule has 1 heteroatoms. The van der Waals surface area contributed by atoms with Crippen molar-refractivity contribution in [2.24, 2.45) is 23.2 Å². The lowest BCUT2D eigenvalue weighted by Crippen LogP contribution is -2.30. The molecular formula is C16H27N. The standard InChI is InChI=1S/C16H27N/c1-3-13-6-8-14(9-7-13)15-5-4-10-16(2,11-15)12-17/h13-15H,3-11H2,1-2H3. The van der Waals surface area contributed by atoms with Gasteiger partial charge in [-0.05, 0) is 50.4 Å². The molecule has 0 aromatic rings. The minimum Gasteiger partial charge on any atom is -0.198 e. The van der Waals surface area contributed by atoms with Crippen molar-refractivity contribution < 1.29 is 0 Å². The average molecular weight is 233 g/mol. The summed E-state index contributed by atoms with van der Waals surface area (Å²) in [7, 11) is 0. The van der Waals surface area contributed by atoms with Crippen LogP contribution in [0.25, 0.3) is 0 Å². The van der Waals surface area contributed by atoms with Crippen molar-refractivity contribution in [3.8, 4) is 6.07 Å². The third-order valence-electron chi connectivity index (χ3n) is 5.42. The molecule has 2 fully saturated rings. The molecule has 0 aromatic heterocycles. The van der Waals surface area contributed by atoms with E-state index < -0.39 is 0 Å². The second-order valence-corrected chi connectivity index (χ2v) is 6.72. The van der Waals surface area contributed by atoms with Gasteiger partial charge in [-0.1, -0.05) is 39.0 Å². The van der Waals surface area contributed by atoms with Gasteiger partial charge in [0.15, 0.2) is 0 Å². The number of hydrogen-bond acceptors (Lipinski definition) is 1. The van der Waals surface area contributed by atoms with E-state index >= 15 is 0 Å². The van der Waals surface area contributed by atoms with Gasteiger partial charge in [0.1, 0.15) is 0 Å². The maximum atomic E-state index is 9.30. The Kier molecular flexibility index (Phi) is 4.13. The van der Waals surface area contributed by atoms with Crippen LogP contribution in [0, 0.1) is 34.5 Å². The molecule has 2 aliphatic carbocycles. The van der Waals surface area contributed by atoms with Gasteiger partial charge in [-0.2, -0.15) is 5.26 Å². The van der Waals surface area contributed by atoms with Gasteiger partial charge < -0.3 is 0 Å². The highest BCUT2D eigenvalue weighted by atomic mass is 14.4. The van der Waals surface area contributed by atoms with Gasteiger partial charge in [-0.25, -0.2) is 0 Å². The minimum absolute atomic E-state index is 0.00940. The molecule has 2 unspecified atom stereocenters. The van der Waals surface area contributed by atoms with Crippen molar-refractivity contribution in [2.45, 2.75) is 71.6 Å². The summed E-state index contributed by atoms with van der Waals surface area (Å²) in [6.45, 7) is 4.51. The Morgan fingerprint density at radius 1 is 1.12 bits per heavy atom. The van der Waals surface area contributed by atoms with E-state index in [1.54, 1.807) is 0 Å². The molecule has 2 aliphatic rings. The SMILES string of the molecule is CCC1CCC(C2CCCC(C)(C#N)C2)CC1. The molecule has 2 rings (SSSR count). The lowest BCUT2D eigenvalue weighted by Gasteiger charge is -2.40. The summed E-state index contributed by atoms with van der Waals surface area (Å²) in [5.74, 6) is 2.79. The predicted octanol–water partition coefficient (Wildman–Crippen LogP) is 4.92. The molecular weight excluding hydrogens is 206 g/mol. The summed E-state index contributed by atoms with van der Waals surface area (Å²) >= 11 is 0. The molecule has 0 heterocycles. The van der Waals surface area contributed by atoms with Crippen molar-refractivity contribution in [1.29, 1.82) is 5.26 Å². The van der Waals surface area contributed by atoms with Crippen LogP contribution >= 0.6 is 0 Å². The largest absolute Gasteiger partial charge is 0.198 e. The van der Waals surface area contributed by atoms with Gasteiger partial charge in [0.2, 0.25) is 0 Å². The zero-order chi connectivity index (χ0) is 12.3. The Labute approximate surface area is 107 Å². The molecule has 2 saturated carbocycles. The maximum absolute atomic E-state index is 9.30. The summed E-state index contributed by atoms with van der Waals surface area (Å²) in [6, 6.07) is 2.57. The van der Waals surface area contributed by atoms with E-state index in [9.17, 15) is 5.26 Å². The van der Waals surface area contributed by atoms with Gasteiger partial charge in [0, 0.05) is 0 Å². The molecule has 0 N–H and O–H groups in total. The first-order valence-electron chi connectivity index (χ1n) is 7.58. The van der Waals surface area contributed by atoms with E-state index in [0.717, 1.165) is 24.2 Å². The van der Waals surface area contributed by atoms with Gasteiger partial charge in [-0.15, -0.1) is 0 Å². The monoisotopic (exact) mass is 233 g/mol. The van der Waals surface area contributed by atoms with Crippen molar-refractivity contribution in [3.05, 3.63) is 0 Å². The minimum atomic E-state index is -0.00940. The maximum Gasteiger partial charge on any atom is 0.0686 e. The molecule has 0 saturated heterocycles. The van der Waals surface area contributed by atoms with Crippen LogP contribution in [0.1, 0.15) is 71.6 Å². The van der Waals surface area contributed by atoms with Crippen LogP contribution in [0.2, 0.25) is 0 Å². The second kappa shape index (κ2) is 5.42. The van der Waals surface area contributed by atoms with E-state index in [1.807, 2.05) is 0 Å². The first kappa shape index (κ1) is 12.9. The van der Waals surface area contributed by atoms with E-state index in [4.69, 9.17) is 0 Å². The van der Waals surface area contributed by atoms with E-state index in [-0.39, 0.29) is 5.41 Å². The lowest BCUT2D eigenvalue weighted by molar-refractivity contribution is 0.119. The Hall–Kier alpha value is -0.510. The van der Waals surface area contributed by atoms with Crippen LogP contribution in [-0.4, -0.2) is 0 Å². The van der Waals surface area contributed by atoms with Crippen LogP contribution in [0.3, 0.4) is 0 Å². The van der Waals surface area contributed by atoms with Crippen LogP contribution < -0.4 is 0 Å². The summed E-state index contributed by atoms with van der Waals surface area (Å²) in [5.41, 5.74) is -0.00940. The number of rotatable bonds is 2. The summed E-state index contributed by atoms with van der Waals surface area (Å²) in [4.78, 5) is 0. The van der Waals surface area contributed by atoms with Crippen LogP contribution in [-0.2, 0) is 0 Å². The Balaban J connectivity index is 1.89. The average Bonchev–Trinajstić information content (AvgIpc) is 2.39. The van der Waals surface area contributed by atoms with E-state index in [2.05, 4.69) is 19.9 Å². The topological polar surface area (TPSA) is 23.8 Å². The Bertz CT molecular complexity index is 282. The summed E-state index contributed by atoms with van der Waals surface area (Å²) in [6.07, 6.45) is 12.1. The normalized spacial score (nSPS) is 43.0. The molecule has 17 heavy (non-hydrogen) atoms. The molecule has 1 nitrogen and oxygen atoms in total. The van der Waals surface area contributed by atoms with Gasteiger partial charge in [0.05, 0.1) is 11.5 Å². The fourth-order valence-electron chi connectivity index (χ4n) is 4.11. The molecule has 2 atom stereocenters. The molecule has 0 aromatic carbocycles. The molecule has 0 aliphatic heterocycles. The Morgan fingerprint density at radius 2 is 1.82 bits per heavy atom. The smallest absolute Gasteiger partial charge is 0.0686 e.